The molecule has 9 heteroatoms. The quantitative estimate of drug-likeness (QED) is 0.195. The van der Waals surface area contributed by atoms with E-state index in [-0.39, 0.29) is 0 Å². The van der Waals surface area contributed by atoms with Crippen molar-refractivity contribution in [1.29, 1.82) is 0 Å². The van der Waals surface area contributed by atoms with Gasteiger partial charge in [0.05, 0.1) is 22.2 Å². The molecule has 1 spiro atoms. The molecular formula is C35H37Cl2N5O2. The van der Waals surface area contributed by atoms with Crippen LogP contribution in [0.5, 0.6) is 5.75 Å². The number of likely N-dealkylation sites (N-methyl/N-ethyl adjacent to an activating group) is 1. The number of fused-ring (bicyclic) bond motifs is 1. The number of anilines is 1. The van der Waals surface area contributed by atoms with Gasteiger partial charge in [0.15, 0.2) is 0 Å². The van der Waals surface area contributed by atoms with Crippen LogP contribution in [0.4, 0.5) is 5.69 Å². The van der Waals surface area contributed by atoms with Crippen LogP contribution in [0, 0.1) is 17.3 Å². The molecule has 7 nitrogen and oxygen atoms in total. The van der Waals surface area contributed by atoms with Crippen LogP contribution < -0.4 is 9.64 Å². The van der Waals surface area contributed by atoms with Crippen LogP contribution in [0.2, 0.25) is 10.0 Å². The highest BCUT2D eigenvalue weighted by molar-refractivity contribution is 6.39. The minimum Gasteiger partial charge on any atom is -0.493 e. The predicted octanol–water partition coefficient (Wildman–Crippen LogP) is 8.12. The monoisotopic (exact) mass is 629 g/mol. The fourth-order valence-corrected chi connectivity index (χ4v) is 8.25. The number of allylic oxidation sites excluding steroid dienone is 1. The Hall–Kier alpha value is -3.13. The number of benzene rings is 1. The van der Waals surface area contributed by atoms with Crippen LogP contribution in [-0.4, -0.2) is 59.9 Å². The van der Waals surface area contributed by atoms with Gasteiger partial charge in [-0.15, -0.1) is 0 Å². The number of hydrogen-bond acceptors (Lipinski definition) is 7. The van der Waals surface area contributed by atoms with Crippen molar-refractivity contribution in [3.05, 3.63) is 70.3 Å². The number of halogens is 2. The lowest BCUT2D eigenvalue weighted by Gasteiger charge is -2.57. The first kappa shape index (κ1) is 28.4. The largest absolute Gasteiger partial charge is 0.493 e. The summed E-state index contributed by atoms with van der Waals surface area (Å²) in [6.07, 6.45) is 16.9. The Morgan fingerprint density at radius 2 is 1.80 bits per heavy atom. The molecule has 4 fully saturated rings. The summed E-state index contributed by atoms with van der Waals surface area (Å²) in [7, 11) is 2.19. The maximum atomic E-state index is 6.48. The lowest BCUT2D eigenvalue weighted by molar-refractivity contribution is -0.0657. The molecule has 0 amide bonds. The second kappa shape index (κ2) is 11.3. The number of ether oxygens (including phenoxy) is 1. The molecule has 0 N–H and O–H groups in total. The maximum Gasteiger partial charge on any atom is 0.147 e. The SMILES string of the molecule is CN1CCN(c2ccnc3ccc(OCC4CC5(CC(/C=C/c6c(-c7c(Cl)cncc7Cl)noc6C6CC6)C5)C4)cc23)CC1. The molecule has 44 heavy (non-hydrogen) atoms. The molecule has 4 aromatic rings. The zero-order valence-corrected chi connectivity index (χ0v) is 26.5. The molecule has 8 rings (SSSR count). The molecule has 1 aliphatic heterocycles. The maximum absolute atomic E-state index is 6.48. The summed E-state index contributed by atoms with van der Waals surface area (Å²) in [5.41, 5.74) is 5.20. The van der Waals surface area contributed by atoms with Crippen molar-refractivity contribution in [2.75, 3.05) is 44.7 Å². The molecule has 4 aliphatic rings. The van der Waals surface area contributed by atoms with E-state index < -0.39 is 0 Å². The number of nitrogens with zero attached hydrogens (tertiary/aromatic N) is 5. The first-order chi connectivity index (χ1) is 21.4. The molecule has 3 aliphatic carbocycles. The van der Waals surface area contributed by atoms with Gasteiger partial charge in [0.25, 0.3) is 0 Å². The number of hydrogen-bond donors (Lipinski definition) is 0. The highest BCUT2D eigenvalue weighted by Gasteiger charge is 2.52. The third-order valence-corrected chi connectivity index (χ3v) is 10.8. The Balaban J connectivity index is 0.882. The Morgan fingerprint density at radius 1 is 1.02 bits per heavy atom. The molecular weight excluding hydrogens is 593 g/mol. The van der Waals surface area contributed by atoms with E-state index in [1.165, 1.54) is 36.8 Å². The lowest BCUT2D eigenvalue weighted by atomic mass is 9.48. The van der Waals surface area contributed by atoms with Crippen LogP contribution in [0.1, 0.15) is 55.8 Å². The third kappa shape index (κ3) is 5.37. The van der Waals surface area contributed by atoms with E-state index in [1.807, 2.05) is 6.20 Å². The molecule has 1 aromatic carbocycles. The molecule has 3 aromatic heterocycles. The number of aromatic nitrogens is 3. The summed E-state index contributed by atoms with van der Waals surface area (Å²) in [5, 5.41) is 6.57. The van der Waals surface area contributed by atoms with Gasteiger partial charge >= 0.3 is 0 Å². The minimum atomic E-state index is 0.438. The summed E-state index contributed by atoms with van der Waals surface area (Å²) >= 11 is 13.0. The summed E-state index contributed by atoms with van der Waals surface area (Å²) in [6.45, 7) is 5.02. The molecule has 0 unspecified atom stereocenters. The fraction of sp³-hybridized carbons (Fsp3) is 0.457. The number of piperazine rings is 1. The van der Waals surface area contributed by atoms with Gasteiger partial charge in [-0.25, -0.2) is 0 Å². The Bertz CT molecular complexity index is 1690. The fourth-order valence-electron chi connectivity index (χ4n) is 7.70. The van der Waals surface area contributed by atoms with Crippen molar-refractivity contribution in [3.63, 3.8) is 0 Å². The molecule has 3 saturated carbocycles. The van der Waals surface area contributed by atoms with Gasteiger partial charge in [0.2, 0.25) is 0 Å². The van der Waals surface area contributed by atoms with Gasteiger partial charge in [-0.2, -0.15) is 0 Å². The van der Waals surface area contributed by atoms with Crippen LogP contribution in [0.3, 0.4) is 0 Å². The zero-order valence-electron chi connectivity index (χ0n) is 25.0. The van der Waals surface area contributed by atoms with Crippen LogP contribution in [0.25, 0.3) is 28.2 Å². The molecule has 228 valence electrons. The van der Waals surface area contributed by atoms with Crippen molar-refractivity contribution in [2.24, 2.45) is 17.3 Å². The Labute approximate surface area is 268 Å². The second-order valence-electron chi connectivity index (χ2n) is 13.5. The predicted molar refractivity (Wildman–Crippen MR) is 176 cm³/mol. The first-order valence-electron chi connectivity index (χ1n) is 15.9. The van der Waals surface area contributed by atoms with E-state index in [0.29, 0.717) is 38.8 Å². The first-order valence-corrected chi connectivity index (χ1v) is 16.6. The smallest absolute Gasteiger partial charge is 0.147 e. The van der Waals surface area contributed by atoms with Gasteiger partial charge < -0.3 is 19.1 Å². The average Bonchev–Trinajstić information content (AvgIpc) is 3.75. The summed E-state index contributed by atoms with van der Waals surface area (Å²) in [5.74, 6) is 3.52. The molecule has 1 saturated heterocycles. The van der Waals surface area contributed by atoms with E-state index in [0.717, 1.165) is 73.9 Å². The van der Waals surface area contributed by atoms with E-state index >= 15 is 0 Å². The van der Waals surface area contributed by atoms with Crippen molar-refractivity contribution in [3.8, 4) is 17.0 Å². The molecule has 0 radical (unpaired) electrons. The lowest BCUT2D eigenvalue weighted by Crippen LogP contribution is -2.48. The summed E-state index contributed by atoms with van der Waals surface area (Å²) in [4.78, 5) is 13.6. The van der Waals surface area contributed by atoms with Crippen LogP contribution in [0.15, 0.2) is 53.5 Å². The standard InChI is InChI=1S/C35H37Cl2N5O2/c1-41-10-12-42(13-11-41)31-8-9-39-30-7-5-25(14-27(30)31)43-21-23-17-35(18-23)15-22(16-35)2-6-26-33(40-44-34(26)24-3-4-24)32-28(36)19-38-20-29(32)37/h2,5-9,14,19-20,22-24H,3-4,10-13,15-18,21H2,1H3/b6-2+. The normalized spacial score (nSPS) is 25.5. The summed E-state index contributed by atoms with van der Waals surface area (Å²) < 4.78 is 12.2. The number of rotatable bonds is 8. The molecule has 4 heterocycles. The topological polar surface area (TPSA) is 67.5 Å². The third-order valence-electron chi connectivity index (χ3n) is 10.2. The molecule has 0 atom stereocenters. The van der Waals surface area contributed by atoms with Gasteiger partial charge in [-0.3, -0.25) is 9.97 Å². The van der Waals surface area contributed by atoms with Gasteiger partial charge in [-0.1, -0.05) is 40.5 Å². The van der Waals surface area contributed by atoms with Crippen LogP contribution >= 0.6 is 23.2 Å². The van der Waals surface area contributed by atoms with Gasteiger partial charge in [-0.05, 0) is 87.1 Å². The van der Waals surface area contributed by atoms with Crippen molar-refractivity contribution in [1.82, 2.24) is 20.0 Å². The van der Waals surface area contributed by atoms with Crippen LogP contribution in [-0.2, 0) is 0 Å². The average molecular weight is 631 g/mol. The minimum absolute atomic E-state index is 0.438. The van der Waals surface area contributed by atoms with Gasteiger partial charge in [0, 0.05) is 72.9 Å². The van der Waals surface area contributed by atoms with E-state index in [2.05, 4.69) is 68.4 Å². The highest BCUT2D eigenvalue weighted by atomic mass is 35.5. The second-order valence-corrected chi connectivity index (χ2v) is 14.3. The van der Waals surface area contributed by atoms with E-state index in [4.69, 9.17) is 32.5 Å². The van der Waals surface area contributed by atoms with Crippen molar-refractivity contribution < 1.29 is 9.26 Å². The van der Waals surface area contributed by atoms with Crippen molar-refractivity contribution >= 4 is 45.9 Å². The van der Waals surface area contributed by atoms with E-state index in [9.17, 15) is 0 Å². The Kier molecular flexibility index (Phi) is 7.31. The number of pyridine rings is 2. The van der Waals surface area contributed by atoms with Gasteiger partial charge in [0.1, 0.15) is 17.2 Å². The zero-order chi connectivity index (χ0) is 29.8. The highest BCUT2D eigenvalue weighted by Crippen LogP contribution is 2.61. The Morgan fingerprint density at radius 3 is 2.55 bits per heavy atom. The van der Waals surface area contributed by atoms with Crippen molar-refractivity contribution in [2.45, 2.75) is 44.4 Å². The van der Waals surface area contributed by atoms with E-state index in [1.54, 1.807) is 12.4 Å². The summed E-state index contributed by atoms with van der Waals surface area (Å²) in [6, 6.07) is 8.51. The molecule has 0 bridgehead atoms.